The highest BCUT2D eigenvalue weighted by molar-refractivity contribution is 7.59. The van der Waals surface area contributed by atoms with Crippen LogP contribution in [0.5, 0.6) is 0 Å². The molecule has 0 unspecified atom stereocenters. The Balaban J connectivity index is 2.98. The van der Waals surface area contributed by atoms with Crippen LogP contribution in [-0.4, -0.2) is 24.3 Å². The smallest absolute Gasteiger partial charge is 0.368 e. The molecule has 1 aliphatic rings. The predicted molar refractivity (Wildman–Crippen MR) is 73.2 cm³/mol. The van der Waals surface area contributed by atoms with Crippen molar-refractivity contribution in [2.75, 3.05) is 13.2 Å². The molecule has 0 aliphatic heterocycles. The fraction of sp³-hybridized carbons (Fsp3) is 0.769. The van der Waals surface area contributed by atoms with Crippen LogP contribution in [0.1, 0.15) is 46.0 Å². The third-order valence-electron chi connectivity index (χ3n) is 3.16. The molecule has 0 heterocycles. The van der Waals surface area contributed by atoms with E-state index in [1.165, 1.54) is 6.42 Å². The van der Waals surface area contributed by atoms with E-state index in [4.69, 9.17) is 9.05 Å². The van der Waals surface area contributed by atoms with E-state index in [-0.39, 0.29) is 24.4 Å². The van der Waals surface area contributed by atoms with Gasteiger partial charge in [0.15, 0.2) is 0 Å². The van der Waals surface area contributed by atoms with Gasteiger partial charge >= 0.3 is 13.6 Å². The minimum absolute atomic E-state index is 0.159. The summed E-state index contributed by atoms with van der Waals surface area (Å²) in [5.74, 6) is -1.05. The van der Waals surface area contributed by atoms with Crippen molar-refractivity contribution in [1.29, 1.82) is 0 Å². The third kappa shape index (κ3) is 4.75. The molecule has 0 aromatic heterocycles. The molecule has 0 aromatic carbocycles. The average Bonchev–Trinajstić information content (AvgIpc) is 2.37. The fourth-order valence-electron chi connectivity index (χ4n) is 2.32. The minimum atomic E-state index is -3.69. The van der Waals surface area contributed by atoms with Crippen molar-refractivity contribution in [1.82, 2.24) is 0 Å². The second-order valence-electron chi connectivity index (χ2n) is 4.59. The number of allylic oxidation sites excluding steroid dienone is 1. The number of hydrogen-bond donors (Lipinski definition) is 1. The van der Waals surface area contributed by atoms with E-state index in [9.17, 15) is 14.5 Å². The number of hydrogen-bond acceptors (Lipinski definition) is 4. The first-order valence-electron chi connectivity index (χ1n) is 6.88. The largest absolute Gasteiger partial charge is 0.477 e. The zero-order chi connectivity index (χ0) is 14.3. The van der Waals surface area contributed by atoms with Gasteiger partial charge in [-0.3, -0.25) is 4.57 Å². The van der Waals surface area contributed by atoms with Crippen molar-refractivity contribution in [3.8, 4) is 0 Å². The summed E-state index contributed by atoms with van der Waals surface area (Å²) in [5.41, 5.74) is 0. The lowest BCUT2D eigenvalue weighted by molar-refractivity contribution is -0.132. The van der Waals surface area contributed by atoms with E-state index in [0.29, 0.717) is 0 Å². The molecule has 1 saturated carbocycles. The molecule has 0 spiro atoms. The van der Waals surface area contributed by atoms with E-state index in [2.05, 4.69) is 0 Å². The van der Waals surface area contributed by atoms with Crippen molar-refractivity contribution >= 4 is 13.6 Å². The molecule has 1 rings (SSSR count). The summed E-state index contributed by atoms with van der Waals surface area (Å²) in [7, 11) is -3.69. The maximum atomic E-state index is 12.5. The minimum Gasteiger partial charge on any atom is -0.477 e. The summed E-state index contributed by atoms with van der Waals surface area (Å²) in [6.45, 7) is 3.66. The first kappa shape index (κ1) is 16.4. The lowest BCUT2D eigenvalue weighted by atomic mass is 9.89. The van der Waals surface area contributed by atoms with Crippen LogP contribution < -0.4 is 0 Å². The molecule has 1 fully saturated rings. The quantitative estimate of drug-likeness (QED) is 0.570. The van der Waals surface area contributed by atoms with Gasteiger partial charge in [-0.25, -0.2) is 4.79 Å². The summed E-state index contributed by atoms with van der Waals surface area (Å²) in [5, 5.41) is 9.09. The van der Waals surface area contributed by atoms with Gasteiger partial charge in [-0.1, -0.05) is 25.3 Å². The molecule has 1 N–H and O–H groups in total. The zero-order valence-electron chi connectivity index (χ0n) is 11.6. The Kier molecular flexibility index (Phi) is 6.76. The molecule has 1 aliphatic carbocycles. The fourth-order valence-corrected chi connectivity index (χ4v) is 3.98. The van der Waals surface area contributed by atoms with Gasteiger partial charge < -0.3 is 14.2 Å². The van der Waals surface area contributed by atoms with Crippen molar-refractivity contribution in [3.63, 3.8) is 0 Å². The maximum absolute atomic E-state index is 12.5. The topological polar surface area (TPSA) is 72.8 Å². The SMILES string of the molecule is CCOP(=O)(OCC)/C(=C\C1CCCCC1)C(=O)O. The van der Waals surface area contributed by atoms with E-state index in [0.717, 1.165) is 25.7 Å². The van der Waals surface area contributed by atoms with Crippen molar-refractivity contribution in [3.05, 3.63) is 11.4 Å². The van der Waals surface area contributed by atoms with Crippen LogP contribution in [-0.2, 0) is 18.4 Å². The van der Waals surface area contributed by atoms with Gasteiger partial charge in [-0.2, -0.15) is 0 Å². The summed E-state index contributed by atoms with van der Waals surface area (Å²) in [4.78, 5) is 11.4. The molecule has 5 nitrogen and oxygen atoms in total. The molecule has 0 atom stereocenters. The number of carboxylic acid groups (broad SMARTS) is 1. The second kappa shape index (κ2) is 7.83. The van der Waals surface area contributed by atoms with Crippen LogP contribution in [0.4, 0.5) is 0 Å². The van der Waals surface area contributed by atoms with Gasteiger partial charge in [0.1, 0.15) is 5.31 Å². The first-order valence-corrected chi connectivity index (χ1v) is 8.42. The van der Waals surface area contributed by atoms with E-state index in [1.807, 2.05) is 0 Å². The number of rotatable bonds is 7. The van der Waals surface area contributed by atoms with E-state index < -0.39 is 13.6 Å². The van der Waals surface area contributed by atoms with Crippen molar-refractivity contribution in [2.45, 2.75) is 46.0 Å². The molecule has 6 heteroatoms. The predicted octanol–water partition coefficient (Wildman–Crippen LogP) is 3.80. The molecule has 0 bridgehead atoms. The standard InChI is InChI=1S/C13H23O5P/c1-3-17-19(16,18-4-2)12(13(14)15)10-11-8-6-5-7-9-11/h10-11H,3-9H2,1-2H3,(H,14,15)/b12-10-. The van der Waals surface area contributed by atoms with Gasteiger partial charge in [-0.05, 0) is 32.6 Å². The lowest BCUT2D eigenvalue weighted by Gasteiger charge is -2.22. The number of aliphatic carboxylic acids is 1. The Morgan fingerprint density at radius 1 is 1.21 bits per heavy atom. The molecule has 110 valence electrons. The Morgan fingerprint density at radius 2 is 1.74 bits per heavy atom. The first-order chi connectivity index (χ1) is 9.03. The highest BCUT2D eigenvalue weighted by Gasteiger charge is 2.35. The molecular weight excluding hydrogens is 267 g/mol. The molecule has 0 saturated heterocycles. The average molecular weight is 290 g/mol. The van der Waals surface area contributed by atoms with Crippen LogP contribution in [0.3, 0.4) is 0 Å². The van der Waals surface area contributed by atoms with Crippen LogP contribution in [0, 0.1) is 5.92 Å². The van der Waals surface area contributed by atoms with Gasteiger partial charge in [0.25, 0.3) is 0 Å². The van der Waals surface area contributed by atoms with Gasteiger partial charge in [0.05, 0.1) is 13.2 Å². The molecule has 0 amide bonds. The Bertz CT molecular complexity index is 361. The maximum Gasteiger partial charge on any atom is 0.368 e. The Hall–Kier alpha value is -0.640. The molecular formula is C13H23O5P. The number of carbonyl (C=O) groups is 1. The van der Waals surface area contributed by atoms with E-state index in [1.54, 1.807) is 19.9 Å². The Labute approximate surface area is 114 Å². The van der Waals surface area contributed by atoms with Crippen molar-refractivity contribution in [2.24, 2.45) is 5.92 Å². The van der Waals surface area contributed by atoms with Gasteiger partial charge in [0, 0.05) is 0 Å². The lowest BCUT2D eigenvalue weighted by Crippen LogP contribution is -2.11. The molecule has 0 radical (unpaired) electrons. The summed E-state index contributed by atoms with van der Waals surface area (Å²) in [6, 6.07) is 0. The zero-order valence-corrected chi connectivity index (χ0v) is 12.5. The van der Waals surface area contributed by atoms with Crippen LogP contribution >= 0.6 is 7.60 Å². The Morgan fingerprint density at radius 3 is 2.16 bits per heavy atom. The van der Waals surface area contributed by atoms with Crippen LogP contribution in [0.2, 0.25) is 0 Å². The highest BCUT2D eigenvalue weighted by atomic mass is 31.2. The summed E-state index contributed by atoms with van der Waals surface area (Å²) >= 11 is 0. The van der Waals surface area contributed by atoms with Gasteiger partial charge in [-0.15, -0.1) is 0 Å². The van der Waals surface area contributed by atoms with Crippen molar-refractivity contribution < 1.29 is 23.5 Å². The van der Waals surface area contributed by atoms with Gasteiger partial charge in [0.2, 0.25) is 0 Å². The molecule has 0 aromatic rings. The van der Waals surface area contributed by atoms with Crippen LogP contribution in [0.15, 0.2) is 11.4 Å². The van der Waals surface area contributed by atoms with E-state index >= 15 is 0 Å². The second-order valence-corrected chi connectivity index (χ2v) is 6.58. The normalized spacial score (nSPS) is 18.5. The third-order valence-corrected chi connectivity index (χ3v) is 5.28. The summed E-state index contributed by atoms with van der Waals surface area (Å²) in [6.07, 6.45) is 6.82. The monoisotopic (exact) mass is 290 g/mol. The highest BCUT2D eigenvalue weighted by Crippen LogP contribution is 2.56. The molecule has 19 heavy (non-hydrogen) atoms. The van der Waals surface area contributed by atoms with Crippen LogP contribution in [0.25, 0.3) is 0 Å². The summed E-state index contributed by atoms with van der Waals surface area (Å²) < 4.78 is 22.8. The number of carboxylic acids is 1.